The lowest BCUT2D eigenvalue weighted by Gasteiger charge is -2.34. The number of rotatable bonds is 1. The summed E-state index contributed by atoms with van der Waals surface area (Å²) in [5, 5.41) is 0. The van der Waals surface area contributed by atoms with Crippen molar-refractivity contribution in [2.24, 2.45) is 0 Å². The molecule has 76 valence electrons. The van der Waals surface area contributed by atoms with E-state index in [1.54, 1.807) is 12.3 Å². The fourth-order valence-electron chi connectivity index (χ4n) is 1.72. The first-order valence-electron chi connectivity index (χ1n) is 4.80. The average Bonchev–Trinajstić information content (AvgIpc) is 2.18. The van der Waals surface area contributed by atoms with E-state index >= 15 is 0 Å². The van der Waals surface area contributed by atoms with Crippen molar-refractivity contribution >= 4 is 5.69 Å². The van der Waals surface area contributed by atoms with Gasteiger partial charge in [0.25, 0.3) is 0 Å². The van der Waals surface area contributed by atoms with Gasteiger partial charge in [-0.05, 0) is 13.0 Å². The highest BCUT2D eigenvalue weighted by Gasteiger charge is 2.18. The molecule has 0 saturated carbocycles. The van der Waals surface area contributed by atoms with E-state index in [0.717, 1.165) is 25.4 Å². The highest BCUT2D eigenvalue weighted by Crippen LogP contribution is 2.16. The van der Waals surface area contributed by atoms with Crippen LogP contribution in [0, 0.1) is 0 Å². The number of nitrogens with one attached hydrogen (secondary N) is 1. The SMILES string of the molecule is CC1COCCN1c1cc[nH]c(=O)c1. The quantitative estimate of drug-likeness (QED) is 0.712. The zero-order valence-electron chi connectivity index (χ0n) is 8.19. The van der Waals surface area contributed by atoms with Crippen LogP contribution in [-0.2, 0) is 4.74 Å². The Morgan fingerprint density at radius 1 is 1.64 bits per heavy atom. The third-order valence-corrected chi connectivity index (χ3v) is 2.46. The number of hydrogen-bond donors (Lipinski definition) is 1. The topological polar surface area (TPSA) is 45.3 Å². The molecule has 1 aliphatic rings. The number of morpholine rings is 1. The minimum absolute atomic E-state index is 0.0545. The molecule has 2 rings (SSSR count). The Balaban J connectivity index is 2.24. The molecule has 1 aromatic rings. The molecule has 4 nitrogen and oxygen atoms in total. The summed E-state index contributed by atoms with van der Waals surface area (Å²) in [7, 11) is 0. The number of anilines is 1. The zero-order valence-corrected chi connectivity index (χ0v) is 8.19. The maximum atomic E-state index is 11.1. The lowest BCUT2D eigenvalue weighted by Crippen LogP contribution is -2.44. The number of aromatic nitrogens is 1. The van der Waals surface area contributed by atoms with Gasteiger partial charge in [-0.25, -0.2) is 0 Å². The van der Waals surface area contributed by atoms with Crippen LogP contribution in [0.3, 0.4) is 0 Å². The van der Waals surface area contributed by atoms with E-state index in [0.29, 0.717) is 6.04 Å². The third-order valence-electron chi connectivity index (χ3n) is 2.46. The van der Waals surface area contributed by atoms with Crippen molar-refractivity contribution in [1.82, 2.24) is 4.98 Å². The molecular formula is C10H14N2O2. The first-order valence-corrected chi connectivity index (χ1v) is 4.80. The van der Waals surface area contributed by atoms with Crippen molar-refractivity contribution in [3.63, 3.8) is 0 Å². The number of aromatic amines is 1. The molecule has 1 aromatic heterocycles. The molecule has 14 heavy (non-hydrogen) atoms. The summed E-state index contributed by atoms with van der Waals surface area (Å²) < 4.78 is 5.34. The molecule has 0 amide bonds. The minimum atomic E-state index is -0.0545. The highest BCUT2D eigenvalue weighted by molar-refractivity contribution is 5.45. The Morgan fingerprint density at radius 2 is 2.50 bits per heavy atom. The predicted molar refractivity (Wildman–Crippen MR) is 54.7 cm³/mol. The summed E-state index contributed by atoms with van der Waals surface area (Å²) in [6.07, 6.45) is 1.68. The Hall–Kier alpha value is -1.29. The number of pyridine rings is 1. The van der Waals surface area contributed by atoms with E-state index in [4.69, 9.17) is 4.74 Å². The second-order valence-corrected chi connectivity index (χ2v) is 3.53. The molecule has 0 spiro atoms. The zero-order chi connectivity index (χ0) is 9.97. The lowest BCUT2D eigenvalue weighted by atomic mass is 10.2. The number of nitrogens with zero attached hydrogens (tertiary/aromatic N) is 1. The number of hydrogen-bond acceptors (Lipinski definition) is 3. The molecule has 1 fully saturated rings. The second kappa shape index (κ2) is 3.84. The summed E-state index contributed by atoms with van der Waals surface area (Å²) in [6, 6.07) is 3.89. The molecule has 4 heteroatoms. The molecule has 2 heterocycles. The van der Waals surface area contributed by atoms with Gasteiger partial charge < -0.3 is 14.6 Å². The maximum absolute atomic E-state index is 11.1. The van der Waals surface area contributed by atoms with Gasteiger partial charge in [0.2, 0.25) is 5.56 Å². The second-order valence-electron chi connectivity index (χ2n) is 3.53. The summed E-state index contributed by atoms with van der Waals surface area (Å²) in [5.41, 5.74) is 0.922. The van der Waals surface area contributed by atoms with Crippen LogP contribution in [0.1, 0.15) is 6.92 Å². The van der Waals surface area contributed by atoms with Crippen molar-refractivity contribution in [1.29, 1.82) is 0 Å². The van der Waals surface area contributed by atoms with Gasteiger partial charge in [0, 0.05) is 30.5 Å². The van der Waals surface area contributed by atoms with Crippen molar-refractivity contribution in [3.8, 4) is 0 Å². The van der Waals surface area contributed by atoms with Gasteiger partial charge >= 0.3 is 0 Å². The van der Waals surface area contributed by atoms with Gasteiger partial charge in [-0.2, -0.15) is 0 Å². The fourth-order valence-corrected chi connectivity index (χ4v) is 1.72. The molecule has 1 aliphatic heterocycles. The standard InChI is InChI=1S/C10H14N2O2/c1-8-7-14-5-4-12(8)9-2-3-11-10(13)6-9/h2-3,6,8H,4-5,7H2,1H3,(H,11,13). The Labute approximate surface area is 82.5 Å². The average molecular weight is 194 g/mol. The van der Waals surface area contributed by atoms with Gasteiger partial charge in [0.15, 0.2) is 0 Å². The van der Waals surface area contributed by atoms with E-state index in [1.807, 2.05) is 6.07 Å². The Bertz CT molecular complexity index is 361. The van der Waals surface area contributed by atoms with Gasteiger partial charge in [-0.3, -0.25) is 4.79 Å². The molecule has 0 aliphatic carbocycles. The Kier molecular flexibility index (Phi) is 2.54. The summed E-state index contributed by atoms with van der Waals surface area (Å²) >= 11 is 0. The van der Waals surface area contributed by atoms with Crippen molar-refractivity contribution in [2.45, 2.75) is 13.0 Å². The van der Waals surface area contributed by atoms with Crippen molar-refractivity contribution in [3.05, 3.63) is 28.7 Å². The third kappa shape index (κ3) is 1.80. The molecule has 0 radical (unpaired) electrons. The van der Waals surface area contributed by atoms with Crippen LogP contribution >= 0.6 is 0 Å². The molecule has 1 saturated heterocycles. The van der Waals surface area contributed by atoms with Crippen LogP contribution in [0.15, 0.2) is 23.1 Å². The van der Waals surface area contributed by atoms with Crippen LogP contribution in [0.2, 0.25) is 0 Å². The van der Waals surface area contributed by atoms with Crippen LogP contribution in [0.25, 0.3) is 0 Å². The predicted octanol–water partition coefficient (Wildman–Crippen LogP) is 0.600. The molecular weight excluding hydrogens is 180 g/mol. The van der Waals surface area contributed by atoms with Crippen molar-refractivity contribution in [2.75, 3.05) is 24.7 Å². The monoisotopic (exact) mass is 194 g/mol. The van der Waals surface area contributed by atoms with Crippen LogP contribution < -0.4 is 10.5 Å². The van der Waals surface area contributed by atoms with E-state index in [2.05, 4.69) is 16.8 Å². The maximum Gasteiger partial charge on any atom is 0.249 e. The van der Waals surface area contributed by atoms with Crippen LogP contribution in [0.4, 0.5) is 5.69 Å². The molecule has 0 aromatic carbocycles. The largest absolute Gasteiger partial charge is 0.377 e. The smallest absolute Gasteiger partial charge is 0.249 e. The normalized spacial score (nSPS) is 22.4. The molecule has 1 unspecified atom stereocenters. The lowest BCUT2D eigenvalue weighted by molar-refractivity contribution is 0.0989. The summed E-state index contributed by atoms with van der Waals surface area (Å²) in [4.78, 5) is 15.9. The van der Waals surface area contributed by atoms with Crippen LogP contribution in [-0.4, -0.2) is 30.8 Å². The number of H-pyrrole nitrogens is 1. The molecule has 1 atom stereocenters. The van der Waals surface area contributed by atoms with Gasteiger partial charge in [-0.15, -0.1) is 0 Å². The van der Waals surface area contributed by atoms with Crippen LogP contribution in [0.5, 0.6) is 0 Å². The first kappa shape index (κ1) is 9.27. The van der Waals surface area contributed by atoms with Crippen molar-refractivity contribution < 1.29 is 4.74 Å². The summed E-state index contributed by atoms with van der Waals surface area (Å²) in [5.74, 6) is 0. The van der Waals surface area contributed by atoms with Gasteiger partial charge in [-0.1, -0.05) is 0 Å². The van der Waals surface area contributed by atoms with E-state index in [-0.39, 0.29) is 5.56 Å². The van der Waals surface area contributed by atoms with E-state index in [9.17, 15) is 4.79 Å². The number of ether oxygens (including phenoxy) is 1. The summed E-state index contributed by atoms with van der Waals surface area (Å²) in [6.45, 7) is 4.41. The van der Waals surface area contributed by atoms with E-state index in [1.165, 1.54) is 0 Å². The molecule has 0 bridgehead atoms. The minimum Gasteiger partial charge on any atom is -0.377 e. The molecule has 1 N–H and O–H groups in total. The van der Waals surface area contributed by atoms with E-state index < -0.39 is 0 Å². The van der Waals surface area contributed by atoms with Gasteiger partial charge in [0.1, 0.15) is 0 Å². The Morgan fingerprint density at radius 3 is 3.21 bits per heavy atom. The van der Waals surface area contributed by atoms with Gasteiger partial charge in [0.05, 0.1) is 13.2 Å². The highest BCUT2D eigenvalue weighted by atomic mass is 16.5. The first-order chi connectivity index (χ1) is 6.77. The fraction of sp³-hybridized carbons (Fsp3) is 0.500.